The third-order valence-electron chi connectivity index (χ3n) is 1.54. The number of hydrogen-bond donors (Lipinski definition) is 0. The normalized spacial score (nSPS) is 45.0. The van der Waals surface area contributed by atoms with Gasteiger partial charge in [-0.1, -0.05) is 0 Å². The highest BCUT2D eigenvalue weighted by Gasteiger charge is 2.35. The Morgan fingerprint density at radius 1 is 1.00 bits per heavy atom. The molecule has 2 heterocycles. The molecule has 3 heteroatoms. The Morgan fingerprint density at radius 3 is 2.25 bits per heavy atom. The van der Waals surface area contributed by atoms with Gasteiger partial charge in [0.05, 0.1) is 13.2 Å². The van der Waals surface area contributed by atoms with Gasteiger partial charge in [0.25, 0.3) is 0 Å². The summed E-state index contributed by atoms with van der Waals surface area (Å²) in [5.74, 6) is 0. The molecule has 0 spiro atoms. The Kier molecular flexibility index (Phi) is 0.997. The fourth-order valence-corrected chi connectivity index (χ4v) is 0.922. The molecule has 0 aromatic heterocycles. The minimum Gasteiger partial charge on any atom is -0.370 e. The molecule has 0 aromatic rings. The van der Waals surface area contributed by atoms with Gasteiger partial charge in [-0.25, -0.2) is 0 Å². The Hall–Kier alpha value is -0.120. The lowest BCUT2D eigenvalue weighted by Gasteiger charge is -2.39. The average molecular weight is 116 g/mol. The predicted molar refractivity (Wildman–Crippen MR) is 25.4 cm³/mol. The van der Waals surface area contributed by atoms with Crippen LogP contribution in [0, 0.1) is 0 Å². The first-order chi connectivity index (χ1) is 3.97. The summed E-state index contributed by atoms with van der Waals surface area (Å²) >= 11 is 0. The molecule has 2 aliphatic rings. The van der Waals surface area contributed by atoms with Crippen LogP contribution >= 0.6 is 0 Å². The minimum absolute atomic E-state index is 0.240. The highest BCUT2D eigenvalue weighted by atomic mass is 16.7. The summed E-state index contributed by atoms with van der Waals surface area (Å²) in [4.78, 5) is 0. The molecular formula is C5H8O3. The molecule has 0 bridgehead atoms. The van der Waals surface area contributed by atoms with Crippen molar-refractivity contribution in [3.05, 3.63) is 0 Å². The van der Waals surface area contributed by atoms with Gasteiger partial charge in [0.1, 0.15) is 19.0 Å². The molecule has 2 atom stereocenters. The summed E-state index contributed by atoms with van der Waals surface area (Å²) in [6.45, 7) is 1.92. The maximum atomic E-state index is 5.13. The van der Waals surface area contributed by atoms with E-state index in [0.29, 0.717) is 19.5 Å². The smallest absolute Gasteiger partial charge is 0.147 e. The Morgan fingerprint density at radius 2 is 1.88 bits per heavy atom. The molecule has 0 aromatic carbocycles. The third kappa shape index (κ3) is 0.555. The first-order valence-electron chi connectivity index (χ1n) is 2.78. The van der Waals surface area contributed by atoms with E-state index in [4.69, 9.17) is 14.2 Å². The van der Waals surface area contributed by atoms with E-state index >= 15 is 0 Å². The second-order valence-corrected chi connectivity index (χ2v) is 2.07. The third-order valence-corrected chi connectivity index (χ3v) is 1.54. The topological polar surface area (TPSA) is 27.7 Å². The minimum atomic E-state index is 0.240. The van der Waals surface area contributed by atoms with Gasteiger partial charge in [-0.15, -0.1) is 0 Å². The number of ether oxygens (including phenoxy) is 3. The molecule has 0 N–H and O–H groups in total. The van der Waals surface area contributed by atoms with Crippen molar-refractivity contribution in [2.45, 2.75) is 12.2 Å². The van der Waals surface area contributed by atoms with Crippen molar-refractivity contribution in [3.63, 3.8) is 0 Å². The molecule has 8 heavy (non-hydrogen) atoms. The maximum Gasteiger partial charge on any atom is 0.147 e. The second kappa shape index (κ2) is 1.69. The van der Waals surface area contributed by atoms with Gasteiger partial charge in [-0.05, 0) is 0 Å². The molecule has 0 radical (unpaired) electrons. The summed E-state index contributed by atoms with van der Waals surface area (Å²) in [5, 5.41) is 0. The quantitative estimate of drug-likeness (QED) is 0.437. The standard InChI is InChI=1S/C5H8O3/c1-4-5(2-7-4)8-3-6-1/h4-5H,1-3H2/t4-,5-/m0/s1. The van der Waals surface area contributed by atoms with E-state index in [1.54, 1.807) is 0 Å². The average Bonchev–Trinajstić information content (AvgIpc) is 1.72. The van der Waals surface area contributed by atoms with Crippen molar-refractivity contribution in [1.82, 2.24) is 0 Å². The number of hydrogen-bond acceptors (Lipinski definition) is 3. The van der Waals surface area contributed by atoms with E-state index in [1.807, 2.05) is 0 Å². The van der Waals surface area contributed by atoms with Crippen molar-refractivity contribution >= 4 is 0 Å². The second-order valence-electron chi connectivity index (χ2n) is 2.07. The zero-order valence-electron chi connectivity index (χ0n) is 4.50. The van der Waals surface area contributed by atoms with Crippen molar-refractivity contribution in [3.8, 4) is 0 Å². The zero-order valence-corrected chi connectivity index (χ0v) is 4.50. The number of rotatable bonds is 0. The Balaban J connectivity index is 1.92. The largest absolute Gasteiger partial charge is 0.370 e. The van der Waals surface area contributed by atoms with Gasteiger partial charge >= 0.3 is 0 Å². The van der Waals surface area contributed by atoms with Crippen LogP contribution in [0.1, 0.15) is 0 Å². The Bertz CT molecular complexity index is 81.7. The fourth-order valence-electron chi connectivity index (χ4n) is 0.922. The van der Waals surface area contributed by atoms with Crippen LogP contribution < -0.4 is 0 Å². The zero-order chi connectivity index (χ0) is 5.40. The van der Waals surface area contributed by atoms with Crippen LogP contribution in [0.15, 0.2) is 0 Å². The molecule has 0 aliphatic carbocycles. The summed E-state index contributed by atoms with van der Waals surface area (Å²) < 4.78 is 15.2. The molecule has 0 unspecified atom stereocenters. The maximum absolute atomic E-state index is 5.13. The van der Waals surface area contributed by atoms with E-state index in [-0.39, 0.29) is 6.10 Å². The van der Waals surface area contributed by atoms with E-state index in [2.05, 4.69) is 0 Å². The SMILES string of the molecule is C1OC[C@@H]2OC[C@@H]2O1. The summed E-state index contributed by atoms with van der Waals surface area (Å²) in [5.41, 5.74) is 0. The van der Waals surface area contributed by atoms with Crippen LogP contribution in [0.4, 0.5) is 0 Å². The summed E-state index contributed by atoms with van der Waals surface area (Å²) in [6, 6.07) is 0. The first-order valence-corrected chi connectivity index (χ1v) is 2.78. The molecule has 2 saturated heterocycles. The van der Waals surface area contributed by atoms with E-state index in [1.165, 1.54) is 0 Å². The fraction of sp³-hybridized carbons (Fsp3) is 1.00. The van der Waals surface area contributed by atoms with Crippen molar-refractivity contribution in [2.24, 2.45) is 0 Å². The number of fused-ring (bicyclic) bond motifs is 1. The van der Waals surface area contributed by atoms with Gasteiger partial charge in [0.15, 0.2) is 0 Å². The van der Waals surface area contributed by atoms with Gasteiger partial charge < -0.3 is 14.2 Å². The molecule has 2 aliphatic heterocycles. The molecule has 3 nitrogen and oxygen atoms in total. The molecule has 2 fully saturated rings. The summed E-state index contributed by atoms with van der Waals surface area (Å²) in [7, 11) is 0. The van der Waals surface area contributed by atoms with Gasteiger partial charge in [0, 0.05) is 0 Å². The molecular weight excluding hydrogens is 108 g/mol. The van der Waals surface area contributed by atoms with Gasteiger partial charge in [-0.2, -0.15) is 0 Å². The van der Waals surface area contributed by atoms with Gasteiger partial charge in [0.2, 0.25) is 0 Å². The van der Waals surface area contributed by atoms with Crippen LogP contribution in [0.25, 0.3) is 0 Å². The lowest BCUT2D eigenvalue weighted by atomic mass is 10.1. The van der Waals surface area contributed by atoms with Crippen molar-refractivity contribution < 1.29 is 14.2 Å². The monoisotopic (exact) mass is 116 g/mol. The van der Waals surface area contributed by atoms with E-state index in [0.717, 1.165) is 6.61 Å². The summed E-state index contributed by atoms with van der Waals surface area (Å²) in [6.07, 6.45) is 0.576. The molecule has 46 valence electrons. The molecule has 0 saturated carbocycles. The van der Waals surface area contributed by atoms with Crippen LogP contribution in [0.5, 0.6) is 0 Å². The molecule has 2 rings (SSSR count). The van der Waals surface area contributed by atoms with E-state index in [9.17, 15) is 0 Å². The first kappa shape index (κ1) is 4.73. The molecule has 0 amide bonds. The Labute approximate surface area is 47.5 Å². The van der Waals surface area contributed by atoms with Crippen LogP contribution in [-0.4, -0.2) is 32.2 Å². The van der Waals surface area contributed by atoms with Crippen LogP contribution in [0.3, 0.4) is 0 Å². The van der Waals surface area contributed by atoms with E-state index < -0.39 is 0 Å². The van der Waals surface area contributed by atoms with Crippen LogP contribution in [0.2, 0.25) is 0 Å². The van der Waals surface area contributed by atoms with Gasteiger partial charge in [-0.3, -0.25) is 0 Å². The van der Waals surface area contributed by atoms with Crippen LogP contribution in [-0.2, 0) is 14.2 Å². The lowest BCUT2D eigenvalue weighted by molar-refractivity contribution is -0.280. The van der Waals surface area contributed by atoms with Crippen molar-refractivity contribution in [1.29, 1.82) is 0 Å². The highest BCUT2D eigenvalue weighted by Crippen LogP contribution is 2.19. The lowest BCUT2D eigenvalue weighted by Crippen LogP contribution is -2.52. The van der Waals surface area contributed by atoms with Crippen molar-refractivity contribution in [2.75, 3.05) is 20.0 Å². The highest BCUT2D eigenvalue weighted by molar-refractivity contribution is 4.80. The predicted octanol–water partition coefficient (Wildman–Crippen LogP) is -0.242.